The molecule has 1 fully saturated rings. The van der Waals surface area contributed by atoms with Crippen molar-refractivity contribution in [3.05, 3.63) is 35.9 Å². The summed E-state index contributed by atoms with van der Waals surface area (Å²) >= 11 is 0. The molecule has 1 aromatic carbocycles. The standard InChI is InChI=1S/C14H18O3/c1-14(2,3)13-16-9-11(12(15)17-13)10-7-5-4-6-8-10/h4-8,11,13H,9H2,1-3H3/t11-,13-/m0/s1. The Hall–Kier alpha value is -1.35. The van der Waals surface area contributed by atoms with Gasteiger partial charge >= 0.3 is 5.97 Å². The smallest absolute Gasteiger partial charge is 0.318 e. The number of benzene rings is 1. The predicted octanol–water partition coefficient (Wildman–Crippen LogP) is 2.72. The Kier molecular flexibility index (Phi) is 3.20. The van der Waals surface area contributed by atoms with Crippen molar-refractivity contribution in [3.63, 3.8) is 0 Å². The number of carbonyl (C=O) groups excluding carboxylic acids is 1. The lowest BCUT2D eigenvalue weighted by Gasteiger charge is -2.35. The third-order valence-electron chi connectivity index (χ3n) is 2.83. The molecule has 0 aliphatic carbocycles. The maximum Gasteiger partial charge on any atom is 0.318 e. The highest BCUT2D eigenvalue weighted by molar-refractivity contribution is 5.79. The van der Waals surface area contributed by atoms with Gasteiger partial charge in [0.25, 0.3) is 0 Å². The summed E-state index contributed by atoms with van der Waals surface area (Å²) in [7, 11) is 0. The fourth-order valence-corrected chi connectivity index (χ4v) is 1.82. The van der Waals surface area contributed by atoms with Crippen LogP contribution in [-0.2, 0) is 14.3 Å². The van der Waals surface area contributed by atoms with Crippen molar-refractivity contribution < 1.29 is 14.3 Å². The Balaban J connectivity index is 2.10. The molecule has 92 valence electrons. The van der Waals surface area contributed by atoms with Crippen molar-refractivity contribution in [1.82, 2.24) is 0 Å². The highest BCUT2D eigenvalue weighted by atomic mass is 16.7. The quantitative estimate of drug-likeness (QED) is 0.701. The minimum absolute atomic E-state index is 0.183. The lowest BCUT2D eigenvalue weighted by molar-refractivity contribution is -0.227. The van der Waals surface area contributed by atoms with Crippen LogP contribution < -0.4 is 0 Å². The van der Waals surface area contributed by atoms with E-state index in [9.17, 15) is 4.79 Å². The Morgan fingerprint density at radius 3 is 2.35 bits per heavy atom. The van der Waals surface area contributed by atoms with Gasteiger partial charge in [0.1, 0.15) is 5.92 Å². The molecule has 17 heavy (non-hydrogen) atoms. The summed E-state index contributed by atoms with van der Waals surface area (Å²) < 4.78 is 11.0. The third kappa shape index (κ3) is 2.67. The van der Waals surface area contributed by atoms with Crippen molar-refractivity contribution in [2.24, 2.45) is 5.41 Å². The van der Waals surface area contributed by atoms with Crippen LogP contribution in [0.2, 0.25) is 0 Å². The van der Waals surface area contributed by atoms with Crippen molar-refractivity contribution in [2.45, 2.75) is 33.0 Å². The van der Waals surface area contributed by atoms with Crippen LogP contribution in [-0.4, -0.2) is 18.9 Å². The molecular formula is C14H18O3. The van der Waals surface area contributed by atoms with Gasteiger partial charge in [-0.2, -0.15) is 0 Å². The summed E-state index contributed by atoms with van der Waals surface area (Å²) in [5.41, 5.74) is 0.766. The van der Waals surface area contributed by atoms with Gasteiger partial charge in [-0.1, -0.05) is 51.1 Å². The van der Waals surface area contributed by atoms with E-state index in [4.69, 9.17) is 9.47 Å². The largest absolute Gasteiger partial charge is 0.435 e. The van der Waals surface area contributed by atoms with Crippen molar-refractivity contribution in [2.75, 3.05) is 6.61 Å². The Bertz CT molecular complexity index is 392. The summed E-state index contributed by atoms with van der Waals surface area (Å²) in [5.74, 6) is -0.489. The zero-order valence-corrected chi connectivity index (χ0v) is 10.5. The van der Waals surface area contributed by atoms with E-state index in [1.54, 1.807) is 0 Å². The Labute approximate surface area is 102 Å². The van der Waals surface area contributed by atoms with Crippen LogP contribution in [0.1, 0.15) is 32.3 Å². The second kappa shape index (κ2) is 4.49. The number of hydrogen-bond acceptors (Lipinski definition) is 3. The molecule has 0 unspecified atom stereocenters. The molecule has 1 aliphatic rings. The van der Waals surface area contributed by atoms with E-state index in [1.165, 1.54) is 0 Å². The molecule has 1 saturated heterocycles. The first-order chi connectivity index (χ1) is 7.98. The molecule has 3 nitrogen and oxygen atoms in total. The fraction of sp³-hybridized carbons (Fsp3) is 0.500. The summed E-state index contributed by atoms with van der Waals surface area (Å²) in [6.07, 6.45) is -0.449. The second-order valence-corrected chi connectivity index (χ2v) is 5.43. The summed E-state index contributed by atoms with van der Waals surface area (Å²) in [5, 5.41) is 0. The maximum absolute atomic E-state index is 11.9. The molecule has 0 N–H and O–H groups in total. The van der Waals surface area contributed by atoms with Gasteiger partial charge in [-0.25, -0.2) is 0 Å². The van der Waals surface area contributed by atoms with Crippen LogP contribution in [0.5, 0.6) is 0 Å². The van der Waals surface area contributed by atoms with Crippen molar-refractivity contribution in [3.8, 4) is 0 Å². The summed E-state index contributed by atoms with van der Waals surface area (Å²) in [4.78, 5) is 11.9. The number of ether oxygens (including phenoxy) is 2. The van der Waals surface area contributed by atoms with E-state index in [1.807, 2.05) is 51.1 Å². The topological polar surface area (TPSA) is 35.5 Å². The first-order valence-electron chi connectivity index (χ1n) is 5.85. The molecule has 0 radical (unpaired) electrons. The SMILES string of the molecule is CC(C)(C)[C@H]1OC[C@@H](c2ccccc2)C(=O)O1. The van der Waals surface area contributed by atoms with E-state index < -0.39 is 6.29 Å². The molecule has 1 aromatic rings. The average Bonchev–Trinajstić information content (AvgIpc) is 2.29. The molecule has 1 heterocycles. The van der Waals surface area contributed by atoms with Gasteiger partial charge in [-0.15, -0.1) is 0 Å². The van der Waals surface area contributed by atoms with E-state index in [2.05, 4.69) is 0 Å². The van der Waals surface area contributed by atoms with Crippen LogP contribution >= 0.6 is 0 Å². The maximum atomic E-state index is 11.9. The fourth-order valence-electron chi connectivity index (χ4n) is 1.82. The molecule has 0 spiro atoms. The number of cyclic esters (lactones) is 1. The highest BCUT2D eigenvalue weighted by Crippen LogP contribution is 2.31. The van der Waals surface area contributed by atoms with Gasteiger partial charge in [0.2, 0.25) is 6.29 Å². The summed E-state index contributed by atoms with van der Waals surface area (Å²) in [6, 6.07) is 9.60. The monoisotopic (exact) mass is 234 g/mol. The number of esters is 1. The molecule has 3 heteroatoms. The molecule has 0 aromatic heterocycles. The lowest BCUT2D eigenvalue weighted by Crippen LogP contribution is -2.42. The molecular weight excluding hydrogens is 216 g/mol. The number of carbonyl (C=O) groups is 1. The number of rotatable bonds is 1. The first-order valence-corrected chi connectivity index (χ1v) is 5.85. The van der Waals surface area contributed by atoms with Crippen LogP contribution in [0.15, 0.2) is 30.3 Å². The van der Waals surface area contributed by atoms with Crippen LogP contribution in [0, 0.1) is 5.41 Å². The lowest BCUT2D eigenvalue weighted by atomic mass is 9.93. The molecule has 2 rings (SSSR count). The van der Waals surface area contributed by atoms with Gasteiger partial charge < -0.3 is 9.47 Å². The normalized spacial score (nSPS) is 25.5. The van der Waals surface area contributed by atoms with E-state index in [0.717, 1.165) is 5.56 Å². The van der Waals surface area contributed by atoms with Gasteiger partial charge in [0.05, 0.1) is 6.61 Å². The van der Waals surface area contributed by atoms with Gasteiger partial charge in [0, 0.05) is 5.41 Å². The zero-order chi connectivity index (χ0) is 12.5. The molecule has 1 aliphatic heterocycles. The minimum atomic E-state index is -0.449. The first kappa shape index (κ1) is 12.1. The highest BCUT2D eigenvalue weighted by Gasteiger charge is 2.37. The summed E-state index contributed by atoms with van der Waals surface area (Å²) in [6.45, 7) is 6.38. The van der Waals surface area contributed by atoms with Gasteiger partial charge in [-0.3, -0.25) is 4.79 Å². The molecule has 0 amide bonds. The van der Waals surface area contributed by atoms with Gasteiger partial charge in [0.15, 0.2) is 0 Å². The average molecular weight is 234 g/mol. The Morgan fingerprint density at radius 2 is 1.82 bits per heavy atom. The predicted molar refractivity (Wildman–Crippen MR) is 64.5 cm³/mol. The number of hydrogen-bond donors (Lipinski definition) is 0. The van der Waals surface area contributed by atoms with Gasteiger partial charge in [-0.05, 0) is 5.56 Å². The molecule has 2 atom stereocenters. The van der Waals surface area contributed by atoms with Crippen molar-refractivity contribution in [1.29, 1.82) is 0 Å². The van der Waals surface area contributed by atoms with Crippen molar-refractivity contribution >= 4 is 5.97 Å². The van der Waals surface area contributed by atoms with E-state index >= 15 is 0 Å². The van der Waals surface area contributed by atoms with Crippen LogP contribution in [0.25, 0.3) is 0 Å². The second-order valence-electron chi connectivity index (χ2n) is 5.43. The molecule has 0 saturated carbocycles. The van der Waals surface area contributed by atoms with Crippen LogP contribution in [0.3, 0.4) is 0 Å². The molecule has 0 bridgehead atoms. The van der Waals surface area contributed by atoms with Crippen LogP contribution in [0.4, 0.5) is 0 Å². The van der Waals surface area contributed by atoms with E-state index in [0.29, 0.717) is 6.61 Å². The third-order valence-corrected chi connectivity index (χ3v) is 2.83. The Morgan fingerprint density at radius 1 is 1.18 bits per heavy atom. The zero-order valence-electron chi connectivity index (χ0n) is 10.5. The van der Waals surface area contributed by atoms with E-state index in [-0.39, 0.29) is 17.3 Å². The minimum Gasteiger partial charge on any atom is -0.435 e.